The minimum Gasteiger partial charge on any atom is -0.363 e. The molecule has 0 bridgehead atoms. The van der Waals surface area contributed by atoms with E-state index in [2.05, 4.69) is 0 Å². The molecule has 26 heavy (non-hydrogen) atoms. The Balaban J connectivity index is 2.18. The molecule has 8 heteroatoms. The van der Waals surface area contributed by atoms with Gasteiger partial charge in [-0.15, -0.1) is 0 Å². The maximum atomic E-state index is 12.6. The zero-order valence-corrected chi connectivity index (χ0v) is 14.4. The molecular formula is C18H20F6O2. The molecule has 1 N–H and O–H groups in total. The summed E-state index contributed by atoms with van der Waals surface area (Å²) < 4.78 is 75.8. The first-order valence-electron chi connectivity index (χ1n) is 8.33. The molecule has 0 aromatic heterocycles. The molecule has 2 nitrogen and oxygen atoms in total. The highest BCUT2D eigenvalue weighted by Gasteiger charge is 2.70. The lowest BCUT2D eigenvalue weighted by Gasteiger charge is -2.39. The summed E-state index contributed by atoms with van der Waals surface area (Å²) in [4.78, 5) is 12.1. The van der Waals surface area contributed by atoms with Gasteiger partial charge in [-0.3, -0.25) is 4.79 Å². The molecule has 0 amide bonds. The quantitative estimate of drug-likeness (QED) is 0.431. The van der Waals surface area contributed by atoms with Crippen LogP contribution in [0.5, 0.6) is 0 Å². The maximum absolute atomic E-state index is 12.6. The summed E-state index contributed by atoms with van der Waals surface area (Å²) in [6, 6.07) is 0. The van der Waals surface area contributed by atoms with Crippen LogP contribution in [0.3, 0.4) is 0 Å². The van der Waals surface area contributed by atoms with E-state index in [1.165, 1.54) is 0 Å². The SMILES string of the molecule is C[C@H](CC#CC(O)(C(F)(F)F)C(F)(F)F)C1=CC[C@H]2C(=O)CCC[C@]12C. The molecule has 0 heterocycles. The minimum absolute atomic E-state index is 0.145. The lowest BCUT2D eigenvalue weighted by Crippen LogP contribution is -2.55. The molecule has 2 rings (SSSR count). The van der Waals surface area contributed by atoms with Gasteiger partial charge in [-0.25, -0.2) is 0 Å². The monoisotopic (exact) mass is 382 g/mol. The number of allylic oxidation sites excluding steroid dienone is 2. The zero-order valence-electron chi connectivity index (χ0n) is 14.4. The van der Waals surface area contributed by atoms with Crippen LogP contribution in [0.2, 0.25) is 0 Å². The summed E-state index contributed by atoms with van der Waals surface area (Å²) in [5.41, 5.74) is -4.61. The summed E-state index contributed by atoms with van der Waals surface area (Å²) in [6.45, 7) is 3.58. The second kappa shape index (κ2) is 6.59. The molecule has 3 atom stereocenters. The number of hydrogen-bond donors (Lipinski definition) is 1. The van der Waals surface area contributed by atoms with Gasteiger partial charge in [0.05, 0.1) is 0 Å². The van der Waals surface area contributed by atoms with Crippen LogP contribution in [0, 0.1) is 29.1 Å². The fraction of sp³-hybridized carbons (Fsp3) is 0.722. The highest BCUT2D eigenvalue weighted by molar-refractivity contribution is 5.84. The molecule has 0 aromatic rings. The normalized spacial score (nSPS) is 28.1. The Morgan fingerprint density at radius 3 is 2.38 bits per heavy atom. The molecule has 2 aliphatic rings. The van der Waals surface area contributed by atoms with Crippen LogP contribution in [0.4, 0.5) is 26.3 Å². The molecule has 0 aromatic carbocycles. The number of carbonyl (C=O) groups is 1. The third-order valence-corrected chi connectivity index (χ3v) is 5.54. The first-order valence-corrected chi connectivity index (χ1v) is 8.33. The molecule has 0 aliphatic heterocycles. The standard InChI is InChI=1S/C18H20F6O2/c1-11(5-3-10-16(26,17(19,20)21)18(22,23)24)12-7-8-13-14(25)6-4-9-15(12,13)2/h7,11,13,26H,4-6,8-9H2,1-2H3/t11-,13+,15-/m1/s1. The first-order chi connectivity index (χ1) is 11.7. The number of aliphatic hydroxyl groups is 1. The Morgan fingerprint density at radius 1 is 1.27 bits per heavy atom. The van der Waals surface area contributed by atoms with Crippen molar-refractivity contribution in [1.29, 1.82) is 0 Å². The number of hydrogen-bond acceptors (Lipinski definition) is 2. The Bertz CT molecular complexity index is 650. The summed E-state index contributed by atoms with van der Waals surface area (Å²) in [5, 5.41) is 9.05. The summed E-state index contributed by atoms with van der Waals surface area (Å²) >= 11 is 0. The Labute approximate surface area is 147 Å². The van der Waals surface area contributed by atoms with Gasteiger partial charge in [0, 0.05) is 18.8 Å². The second-order valence-electron chi connectivity index (χ2n) is 7.30. The molecular weight excluding hydrogens is 362 g/mol. The van der Waals surface area contributed by atoms with E-state index >= 15 is 0 Å². The van der Waals surface area contributed by atoms with Crippen LogP contribution < -0.4 is 0 Å². The van der Waals surface area contributed by atoms with Crippen LogP contribution in [0.25, 0.3) is 0 Å². The smallest absolute Gasteiger partial charge is 0.363 e. The van der Waals surface area contributed by atoms with Gasteiger partial charge < -0.3 is 5.11 Å². The molecule has 1 saturated carbocycles. The fourth-order valence-electron chi connectivity index (χ4n) is 4.06. The van der Waals surface area contributed by atoms with Gasteiger partial charge in [0.15, 0.2) is 0 Å². The van der Waals surface area contributed by atoms with E-state index in [4.69, 9.17) is 5.11 Å². The summed E-state index contributed by atoms with van der Waals surface area (Å²) in [5.74, 6) is 2.42. The van der Waals surface area contributed by atoms with E-state index in [1.807, 2.05) is 18.9 Å². The molecule has 0 unspecified atom stereocenters. The van der Waals surface area contributed by atoms with Gasteiger partial charge >= 0.3 is 18.0 Å². The van der Waals surface area contributed by atoms with Crippen molar-refractivity contribution < 1.29 is 36.2 Å². The van der Waals surface area contributed by atoms with Gasteiger partial charge in [-0.1, -0.05) is 31.4 Å². The number of rotatable bonds is 2. The van der Waals surface area contributed by atoms with Gasteiger partial charge in [0.2, 0.25) is 0 Å². The van der Waals surface area contributed by atoms with Crippen molar-refractivity contribution in [3.8, 4) is 11.8 Å². The highest BCUT2D eigenvalue weighted by atomic mass is 19.4. The topological polar surface area (TPSA) is 37.3 Å². The predicted molar refractivity (Wildman–Crippen MR) is 81.8 cm³/mol. The molecule has 0 radical (unpaired) electrons. The van der Waals surface area contributed by atoms with Crippen molar-refractivity contribution >= 4 is 5.78 Å². The van der Waals surface area contributed by atoms with E-state index in [1.54, 1.807) is 6.92 Å². The number of ketones is 1. The van der Waals surface area contributed by atoms with Crippen molar-refractivity contribution in [3.05, 3.63) is 11.6 Å². The highest BCUT2D eigenvalue weighted by Crippen LogP contribution is 2.53. The lowest BCUT2D eigenvalue weighted by molar-refractivity contribution is -0.343. The number of halogens is 6. The fourth-order valence-corrected chi connectivity index (χ4v) is 4.06. The van der Waals surface area contributed by atoms with Crippen molar-refractivity contribution in [1.82, 2.24) is 0 Å². The molecule has 1 fully saturated rings. The number of fused-ring (bicyclic) bond motifs is 1. The average molecular weight is 382 g/mol. The number of Topliss-reactive ketones (excluding diaryl/α,β-unsaturated/α-hetero) is 1. The predicted octanol–water partition coefficient (Wildman–Crippen LogP) is 4.58. The van der Waals surface area contributed by atoms with Crippen LogP contribution in [-0.4, -0.2) is 28.8 Å². The van der Waals surface area contributed by atoms with E-state index in [9.17, 15) is 31.1 Å². The Kier molecular flexibility index (Phi) is 5.28. The zero-order chi connectivity index (χ0) is 20.0. The van der Waals surface area contributed by atoms with Gasteiger partial charge in [-0.2, -0.15) is 26.3 Å². The molecule has 0 saturated heterocycles. The van der Waals surface area contributed by atoms with E-state index in [0.29, 0.717) is 19.3 Å². The van der Waals surface area contributed by atoms with Gasteiger partial charge in [-0.05, 0) is 36.5 Å². The van der Waals surface area contributed by atoms with Gasteiger partial charge in [0.25, 0.3) is 0 Å². The minimum atomic E-state index is -5.94. The first kappa shape index (κ1) is 20.8. The van der Waals surface area contributed by atoms with Crippen LogP contribution in [0.15, 0.2) is 11.6 Å². The van der Waals surface area contributed by atoms with E-state index < -0.39 is 29.3 Å². The van der Waals surface area contributed by atoms with E-state index in [0.717, 1.165) is 17.9 Å². The summed E-state index contributed by atoms with van der Waals surface area (Å²) in [7, 11) is 0. The number of alkyl halides is 6. The Morgan fingerprint density at radius 2 is 1.85 bits per heavy atom. The molecule has 146 valence electrons. The average Bonchev–Trinajstić information content (AvgIpc) is 2.83. The molecule has 0 spiro atoms. The van der Waals surface area contributed by atoms with Crippen molar-refractivity contribution in [2.24, 2.45) is 17.3 Å². The lowest BCUT2D eigenvalue weighted by atomic mass is 9.63. The third-order valence-electron chi connectivity index (χ3n) is 5.54. The number of carbonyl (C=O) groups excluding carboxylic acids is 1. The Hall–Kier alpha value is -1.49. The molecule has 2 aliphatic carbocycles. The van der Waals surface area contributed by atoms with Gasteiger partial charge in [0.1, 0.15) is 5.78 Å². The van der Waals surface area contributed by atoms with Crippen molar-refractivity contribution in [3.63, 3.8) is 0 Å². The van der Waals surface area contributed by atoms with Crippen LogP contribution in [0.1, 0.15) is 46.0 Å². The van der Waals surface area contributed by atoms with Crippen molar-refractivity contribution in [2.75, 3.05) is 0 Å². The third kappa shape index (κ3) is 3.38. The van der Waals surface area contributed by atoms with E-state index in [-0.39, 0.29) is 18.1 Å². The largest absolute Gasteiger partial charge is 0.438 e. The van der Waals surface area contributed by atoms with Crippen molar-refractivity contribution in [2.45, 2.75) is 63.9 Å². The summed E-state index contributed by atoms with van der Waals surface area (Å²) in [6.07, 6.45) is -7.79. The van der Waals surface area contributed by atoms with Crippen LogP contribution in [-0.2, 0) is 4.79 Å². The maximum Gasteiger partial charge on any atom is 0.438 e. The van der Waals surface area contributed by atoms with Crippen LogP contribution >= 0.6 is 0 Å². The second-order valence-corrected chi connectivity index (χ2v) is 7.30.